The zero-order valence-electron chi connectivity index (χ0n) is 13.7. The van der Waals surface area contributed by atoms with Crippen LogP contribution in [0.4, 0.5) is 5.69 Å². The van der Waals surface area contributed by atoms with Crippen molar-refractivity contribution in [2.45, 2.75) is 0 Å². The first-order chi connectivity index (χ1) is 12.1. The number of carbonyl (C=O) groups is 3. The lowest BCUT2D eigenvalue weighted by Gasteiger charge is -2.18. The number of carbonyl (C=O) groups excluding carboxylic acids is 3. The molecule has 1 atom stereocenters. The predicted octanol–water partition coefficient (Wildman–Crippen LogP) is 2.88. The van der Waals surface area contributed by atoms with E-state index < -0.39 is 17.7 Å². The van der Waals surface area contributed by atoms with Gasteiger partial charge in [0.05, 0.1) is 25.5 Å². The van der Waals surface area contributed by atoms with Crippen molar-refractivity contribution in [2.24, 2.45) is 10.9 Å². The first kappa shape index (κ1) is 16.6. The van der Waals surface area contributed by atoms with E-state index in [1.54, 1.807) is 36.4 Å². The highest BCUT2D eigenvalue weighted by atomic mass is 16.5. The number of Topliss-reactive ketones (excluding diaryl/α,β-unsaturated/α-hetero) is 2. The number of ether oxygens (including phenoxy) is 2. The number of benzene rings is 2. The number of methoxy groups -OCH3 is 2. The predicted molar refractivity (Wildman–Crippen MR) is 91.1 cm³/mol. The Hall–Kier alpha value is -3.28. The third-order valence-corrected chi connectivity index (χ3v) is 4.00. The Bertz CT molecular complexity index is 883. The number of nitrogens with zero attached hydrogens (tertiary/aromatic N) is 1. The van der Waals surface area contributed by atoms with E-state index in [4.69, 9.17) is 9.47 Å². The van der Waals surface area contributed by atoms with Gasteiger partial charge < -0.3 is 9.47 Å². The summed E-state index contributed by atoms with van der Waals surface area (Å²) in [6, 6.07) is 11.2. The standard InChI is InChI=1S/C19H15NO5/c1-24-12-8-6-11(7-9-12)17(21)15-10-20-16-13(18(15)22)4-3-5-14(16)19(23)25-2/h3-10,15H,1-2H3. The van der Waals surface area contributed by atoms with Crippen LogP contribution in [0.2, 0.25) is 0 Å². The molecule has 1 aliphatic heterocycles. The lowest BCUT2D eigenvalue weighted by Crippen LogP contribution is -2.28. The minimum Gasteiger partial charge on any atom is -0.497 e. The van der Waals surface area contributed by atoms with Crippen molar-refractivity contribution in [1.29, 1.82) is 0 Å². The maximum absolute atomic E-state index is 12.7. The number of rotatable bonds is 4. The summed E-state index contributed by atoms with van der Waals surface area (Å²) in [4.78, 5) is 41.4. The Kier molecular flexibility index (Phi) is 4.43. The van der Waals surface area contributed by atoms with Crippen LogP contribution in [0.1, 0.15) is 31.1 Å². The summed E-state index contributed by atoms with van der Waals surface area (Å²) in [6.07, 6.45) is 1.28. The van der Waals surface area contributed by atoms with Crippen molar-refractivity contribution >= 4 is 29.4 Å². The fourth-order valence-electron chi connectivity index (χ4n) is 2.66. The maximum Gasteiger partial charge on any atom is 0.340 e. The van der Waals surface area contributed by atoms with Crippen molar-refractivity contribution in [2.75, 3.05) is 14.2 Å². The third kappa shape index (κ3) is 2.94. The van der Waals surface area contributed by atoms with Gasteiger partial charge in [-0.3, -0.25) is 14.6 Å². The summed E-state index contributed by atoms with van der Waals surface area (Å²) in [5.74, 6) is -1.73. The fourth-order valence-corrected chi connectivity index (χ4v) is 2.66. The zero-order chi connectivity index (χ0) is 18.0. The number of aliphatic imine (C=N–C) groups is 1. The molecule has 0 N–H and O–H groups in total. The summed E-state index contributed by atoms with van der Waals surface area (Å²) < 4.78 is 9.76. The van der Waals surface area contributed by atoms with Gasteiger partial charge in [0.2, 0.25) is 0 Å². The molecule has 0 saturated heterocycles. The third-order valence-electron chi connectivity index (χ3n) is 4.00. The molecule has 2 aromatic carbocycles. The van der Waals surface area contributed by atoms with Crippen LogP contribution in [0.3, 0.4) is 0 Å². The topological polar surface area (TPSA) is 82.0 Å². The van der Waals surface area contributed by atoms with Gasteiger partial charge in [-0.05, 0) is 36.4 Å². The minimum atomic E-state index is -1.02. The first-order valence-electron chi connectivity index (χ1n) is 7.54. The lowest BCUT2D eigenvalue weighted by molar-refractivity contribution is 0.0601. The molecule has 0 bridgehead atoms. The molecule has 6 nitrogen and oxygen atoms in total. The largest absolute Gasteiger partial charge is 0.497 e. The molecule has 1 heterocycles. The van der Waals surface area contributed by atoms with Crippen LogP contribution >= 0.6 is 0 Å². The molecular weight excluding hydrogens is 322 g/mol. The van der Waals surface area contributed by atoms with Crippen LogP contribution < -0.4 is 4.74 Å². The van der Waals surface area contributed by atoms with Crippen LogP contribution in [0.15, 0.2) is 47.5 Å². The number of ketones is 2. The van der Waals surface area contributed by atoms with Gasteiger partial charge in [0.25, 0.3) is 0 Å². The highest BCUT2D eigenvalue weighted by Crippen LogP contribution is 2.31. The Morgan fingerprint density at radius 3 is 2.40 bits per heavy atom. The molecule has 25 heavy (non-hydrogen) atoms. The van der Waals surface area contributed by atoms with Crippen LogP contribution in [0.5, 0.6) is 5.75 Å². The number of para-hydroxylation sites is 1. The summed E-state index contributed by atoms with van der Waals surface area (Å²) >= 11 is 0. The highest BCUT2D eigenvalue weighted by molar-refractivity contribution is 6.28. The molecule has 0 aromatic heterocycles. The summed E-state index contributed by atoms with van der Waals surface area (Å²) in [5.41, 5.74) is 1.05. The van der Waals surface area contributed by atoms with Gasteiger partial charge in [-0.2, -0.15) is 0 Å². The number of hydrogen-bond donors (Lipinski definition) is 0. The number of hydrogen-bond acceptors (Lipinski definition) is 6. The van der Waals surface area contributed by atoms with E-state index in [1.807, 2.05) is 0 Å². The van der Waals surface area contributed by atoms with Crippen LogP contribution in [0, 0.1) is 5.92 Å². The van der Waals surface area contributed by atoms with Gasteiger partial charge in [0, 0.05) is 17.3 Å². The van der Waals surface area contributed by atoms with Gasteiger partial charge in [0.1, 0.15) is 11.7 Å². The van der Waals surface area contributed by atoms with E-state index in [2.05, 4.69) is 4.99 Å². The average molecular weight is 337 g/mol. The van der Waals surface area contributed by atoms with Crippen molar-refractivity contribution in [1.82, 2.24) is 0 Å². The smallest absolute Gasteiger partial charge is 0.340 e. The van der Waals surface area contributed by atoms with Gasteiger partial charge in [-0.1, -0.05) is 6.07 Å². The molecule has 0 amide bonds. The second-order valence-electron chi connectivity index (χ2n) is 5.41. The molecule has 0 aliphatic carbocycles. The normalized spacial score (nSPS) is 15.4. The van der Waals surface area contributed by atoms with E-state index in [0.717, 1.165) is 0 Å². The molecule has 1 aliphatic rings. The SMILES string of the molecule is COC(=O)c1cccc2c1N=CC(C(=O)c1ccc(OC)cc1)C2=O. The molecule has 2 aromatic rings. The molecule has 126 valence electrons. The number of fused-ring (bicyclic) bond motifs is 1. The van der Waals surface area contributed by atoms with Crippen LogP contribution in [0.25, 0.3) is 0 Å². The maximum atomic E-state index is 12.7. The molecule has 0 fully saturated rings. The van der Waals surface area contributed by atoms with E-state index in [-0.39, 0.29) is 22.6 Å². The van der Waals surface area contributed by atoms with E-state index >= 15 is 0 Å². The zero-order valence-corrected chi connectivity index (χ0v) is 13.7. The van der Waals surface area contributed by atoms with E-state index in [0.29, 0.717) is 11.3 Å². The summed E-state index contributed by atoms with van der Waals surface area (Å²) in [7, 11) is 2.79. The molecule has 0 saturated carbocycles. The number of esters is 1. The molecule has 1 unspecified atom stereocenters. The minimum absolute atomic E-state index is 0.194. The lowest BCUT2D eigenvalue weighted by atomic mass is 9.87. The average Bonchev–Trinajstić information content (AvgIpc) is 2.67. The van der Waals surface area contributed by atoms with Crippen LogP contribution in [-0.2, 0) is 4.74 Å². The van der Waals surface area contributed by atoms with Gasteiger partial charge in [-0.25, -0.2) is 4.79 Å². The summed E-state index contributed by atoms with van der Waals surface area (Å²) in [5, 5.41) is 0. The van der Waals surface area contributed by atoms with E-state index in [9.17, 15) is 14.4 Å². The first-order valence-corrected chi connectivity index (χ1v) is 7.54. The molecule has 6 heteroatoms. The Morgan fingerprint density at radius 1 is 1.04 bits per heavy atom. The van der Waals surface area contributed by atoms with Crippen molar-refractivity contribution in [3.63, 3.8) is 0 Å². The summed E-state index contributed by atoms with van der Waals surface area (Å²) in [6.45, 7) is 0. The van der Waals surface area contributed by atoms with Gasteiger partial charge >= 0.3 is 5.97 Å². The molecule has 0 spiro atoms. The van der Waals surface area contributed by atoms with Crippen molar-refractivity contribution < 1.29 is 23.9 Å². The monoisotopic (exact) mass is 337 g/mol. The van der Waals surface area contributed by atoms with E-state index in [1.165, 1.54) is 26.5 Å². The van der Waals surface area contributed by atoms with Gasteiger partial charge in [0.15, 0.2) is 11.6 Å². The Balaban J connectivity index is 1.95. The Morgan fingerprint density at radius 2 is 1.76 bits per heavy atom. The van der Waals surface area contributed by atoms with Crippen LogP contribution in [-0.4, -0.2) is 38.0 Å². The second kappa shape index (κ2) is 6.68. The second-order valence-corrected chi connectivity index (χ2v) is 5.41. The fraction of sp³-hybridized carbons (Fsp3) is 0.158. The quantitative estimate of drug-likeness (QED) is 0.487. The van der Waals surface area contributed by atoms with Gasteiger partial charge in [-0.15, -0.1) is 0 Å². The Labute approximate surface area is 144 Å². The molecular formula is C19H15NO5. The van der Waals surface area contributed by atoms with Crippen molar-refractivity contribution in [3.8, 4) is 5.75 Å². The molecule has 3 rings (SSSR count). The molecule has 0 radical (unpaired) electrons. The highest BCUT2D eigenvalue weighted by Gasteiger charge is 2.33. The van der Waals surface area contributed by atoms with Crippen molar-refractivity contribution in [3.05, 3.63) is 59.2 Å².